The summed E-state index contributed by atoms with van der Waals surface area (Å²) >= 11 is 0. The third-order valence-electron chi connectivity index (χ3n) is 5.68. The number of pyridine rings is 1. The standard InChI is InChI=1S/C26H23N3O2S/c1-31-21-11-14-24-23(16-21)26-25(8-5-15-28-26)29(24)17-19-9-12-22(13-10-19)32(27,30)18-20-6-3-2-4-7-20/h2-16,27H,17-18H2,1H3. The molecule has 0 saturated heterocycles. The van der Waals surface area contributed by atoms with Crippen molar-refractivity contribution in [2.75, 3.05) is 7.11 Å². The molecule has 0 radical (unpaired) electrons. The van der Waals surface area contributed by atoms with E-state index in [1.807, 2.05) is 72.8 Å². The highest BCUT2D eigenvalue weighted by Gasteiger charge is 2.14. The first-order valence-corrected chi connectivity index (χ1v) is 12.1. The molecule has 32 heavy (non-hydrogen) atoms. The van der Waals surface area contributed by atoms with Gasteiger partial charge in [-0.3, -0.25) is 4.98 Å². The number of benzene rings is 3. The van der Waals surface area contributed by atoms with E-state index in [1.165, 1.54) is 0 Å². The van der Waals surface area contributed by atoms with Crippen molar-refractivity contribution in [3.8, 4) is 5.75 Å². The van der Waals surface area contributed by atoms with Crippen LogP contribution in [0.5, 0.6) is 5.75 Å². The highest BCUT2D eigenvalue weighted by atomic mass is 32.2. The minimum atomic E-state index is -2.90. The van der Waals surface area contributed by atoms with Gasteiger partial charge in [-0.2, -0.15) is 0 Å². The Balaban J connectivity index is 1.48. The zero-order valence-corrected chi connectivity index (χ0v) is 18.5. The third kappa shape index (κ3) is 3.74. The summed E-state index contributed by atoms with van der Waals surface area (Å²) in [6.45, 7) is 0.649. The van der Waals surface area contributed by atoms with Gasteiger partial charge in [0.25, 0.3) is 0 Å². The van der Waals surface area contributed by atoms with E-state index in [-0.39, 0.29) is 5.75 Å². The van der Waals surface area contributed by atoms with Gasteiger partial charge in [0, 0.05) is 23.0 Å². The molecule has 0 aliphatic rings. The van der Waals surface area contributed by atoms with E-state index < -0.39 is 9.73 Å². The Morgan fingerprint density at radius 1 is 0.906 bits per heavy atom. The maximum Gasteiger partial charge on any atom is 0.119 e. The van der Waals surface area contributed by atoms with Crippen molar-refractivity contribution in [2.24, 2.45) is 0 Å². The molecule has 6 heteroatoms. The second kappa shape index (κ2) is 8.13. The molecule has 1 unspecified atom stereocenters. The summed E-state index contributed by atoms with van der Waals surface area (Å²) in [6.07, 6.45) is 1.80. The number of rotatable bonds is 6. The van der Waals surface area contributed by atoms with E-state index in [1.54, 1.807) is 13.3 Å². The van der Waals surface area contributed by atoms with Crippen LogP contribution in [-0.2, 0) is 22.0 Å². The first-order valence-electron chi connectivity index (χ1n) is 10.4. The molecule has 5 aromatic rings. The van der Waals surface area contributed by atoms with Crippen molar-refractivity contribution in [1.29, 1.82) is 4.78 Å². The van der Waals surface area contributed by atoms with Gasteiger partial charge in [-0.25, -0.2) is 8.99 Å². The van der Waals surface area contributed by atoms with Crippen LogP contribution in [0.25, 0.3) is 21.9 Å². The Morgan fingerprint density at radius 3 is 2.44 bits per heavy atom. The Labute approximate surface area is 187 Å². The molecule has 0 aliphatic heterocycles. The summed E-state index contributed by atoms with van der Waals surface area (Å²) in [5.41, 5.74) is 5.05. The van der Waals surface area contributed by atoms with E-state index in [0.717, 1.165) is 38.8 Å². The normalized spacial score (nSPS) is 13.3. The Morgan fingerprint density at radius 2 is 1.69 bits per heavy atom. The monoisotopic (exact) mass is 441 g/mol. The van der Waals surface area contributed by atoms with Gasteiger partial charge in [-0.15, -0.1) is 0 Å². The van der Waals surface area contributed by atoms with E-state index in [9.17, 15) is 4.21 Å². The number of nitrogens with zero attached hydrogens (tertiary/aromatic N) is 2. The van der Waals surface area contributed by atoms with Gasteiger partial charge in [-0.05, 0) is 53.6 Å². The average molecular weight is 442 g/mol. The molecular formula is C26H23N3O2S. The van der Waals surface area contributed by atoms with Crippen LogP contribution in [-0.4, -0.2) is 20.9 Å². The predicted octanol–water partition coefficient (Wildman–Crippen LogP) is 5.85. The SMILES string of the molecule is COc1ccc2c(c1)c1ncccc1n2Cc1ccc(S(=N)(=O)Cc2ccccc2)cc1. The summed E-state index contributed by atoms with van der Waals surface area (Å²) in [5.74, 6) is 1.02. The molecule has 160 valence electrons. The third-order valence-corrected chi connectivity index (χ3v) is 7.46. The summed E-state index contributed by atoms with van der Waals surface area (Å²) < 4.78 is 29.1. The number of aromatic nitrogens is 2. The molecule has 0 aliphatic carbocycles. The molecule has 0 bridgehead atoms. The molecule has 0 spiro atoms. The molecular weight excluding hydrogens is 418 g/mol. The minimum Gasteiger partial charge on any atom is -0.497 e. The quantitative estimate of drug-likeness (QED) is 0.359. The molecule has 5 nitrogen and oxygen atoms in total. The number of nitrogens with one attached hydrogen (secondary N) is 1. The van der Waals surface area contributed by atoms with Crippen LogP contribution in [0.1, 0.15) is 11.1 Å². The van der Waals surface area contributed by atoms with Crippen molar-refractivity contribution in [1.82, 2.24) is 9.55 Å². The molecule has 1 N–H and O–H groups in total. The molecule has 2 aromatic heterocycles. The van der Waals surface area contributed by atoms with Crippen molar-refractivity contribution in [2.45, 2.75) is 17.2 Å². The van der Waals surface area contributed by atoms with Gasteiger partial charge in [-0.1, -0.05) is 42.5 Å². The Hall–Kier alpha value is -3.64. The average Bonchev–Trinajstić information content (AvgIpc) is 3.13. The molecule has 0 saturated carbocycles. The van der Waals surface area contributed by atoms with Gasteiger partial charge < -0.3 is 9.30 Å². The lowest BCUT2D eigenvalue weighted by Crippen LogP contribution is -2.04. The van der Waals surface area contributed by atoms with Crippen molar-refractivity contribution in [3.63, 3.8) is 0 Å². The molecule has 1 atom stereocenters. The van der Waals surface area contributed by atoms with Crippen LogP contribution in [0.15, 0.2) is 96.0 Å². The fourth-order valence-corrected chi connectivity index (χ4v) is 5.48. The number of fused-ring (bicyclic) bond motifs is 3. The zero-order chi connectivity index (χ0) is 22.1. The van der Waals surface area contributed by atoms with Crippen LogP contribution in [0.3, 0.4) is 0 Å². The molecule has 0 amide bonds. The first kappa shape index (κ1) is 20.3. The second-order valence-electron chi connectivity index (χ2n) is 7.79. The highest BCUT2D eigenvalue weighted by molar-refractivity contribution is 7.91. The topological polar surface area (TPSA) is 68.0 Å². The van der Waals surface area contributed by atoms with E-state index in [2.05, 4.69) is 21.7 Å². The molecule has 3 aromatic carbocycles. The van der Waals surface area contributed by atoms with Crippen molar-refractivity contribution < 1.29 is 8.95 Å². The summed E-state index contributed by atoms with van der Waals surface area (Å²) in [7, 11) is -1.24. The summed E-state index contributed by atoms with van der Waals surface area (Å²) in [4.78, 5) is 5.15. The van der Waals surface area contributed by atoms with Gasteiger partial charge in [0.05, 0.1) is 39.1 Å². The van der Waals surface area contributed by atoms with E-state index in [0.29, 0.717) is 11.4 Å². The Bertz CT molecular complexity index is 1510. The lowest BCUT2D eigenvalue weighted by atomic mass is 10.2. The number of ether oxygens (including phenoxy) is 1. The minimum absolute atomic E-state index is 0.216. The number of hydrogen-bond acceptors (Lipinski definition) is 4. The first-order chi connectivity index (χ1) is 15.5. The van der Waals surface area contributed by atoms with Crippen LogP contribution in [0.4, 0.5) is 0 Å². The van der Waals surface area contributed by atoms with Gasteiger partial charge >= 0.3 is 0 Å². The zero-order valence-electron chi connectivity index (χ0n) is 17.7. The lowest BCUT2D eigenvalue weighted by Gasteiger charge is -2.11. The van der Waals surface area contributed by atoms with Gasteiger partial charge in [0.15, 0.2) is 0 Å². The van der Waals surface area contributed by atoms with Crippen LogP contribution in [0, 0.1) is 4.78 Å². The molecule has 0 fully saturated rings. The second-order valence-corrected chi connectivity index (χ2v) is 9.90. The number of methoxy groups -OCH3 is 1. The van der Waals surface area contributed by atoms with Crippen LogP contribution in [0.2, 0.25) is 0 Å². The van der Waals surface area contributed by atoms with Crippen molar-refractivity contribution in [3.05, 3.63) is 102 Å². The molecule has 5 rings (SSSR count). The fourth-order valence-electron chi connectivity index (χ4n) is 4.08. The smallest absolute Gasteiger partial charge is 0.119 e. The van der Waals surface area contributed by atoms with E-state index in [4.69, 9.17) is 9.52 Å². The fraction of sp³-hybridized carbons (Fsp3) is 0.115. The summed E-state index contributed by atoms with van der Waals surface area (Å²) in [6, 6.07) is 27.2. The lowest BCUT2D eigenvalue weighted by molar-refractivity contribution is 0.415. The number of hydrogen-bond donors (Lipinski definition) is 1. The maximum absolute atomic E-state index is 13.0. The van der Waals surface area contributed by atoms with E-state index >= 15 is 0 Å². The Kier molecular flexibility index (Phi) is 5.15. The predicted molar refractivity (Wildman–Crippen MR) is 129 cm³/mol. The highest BCUT2D eigenvalue weighted by Crippen LogP contribution is 2.31. The maximum atomic E-state index is 13.0. The van der Waals surface area contributed by atoms with Crippen LogP contribution < -0.4 is 4.74 Å². The summed E-state index contributed by atoms with van der Waals surface area (Å²) in [5, 5.41) is 1.05. The van der Waals surface area contributed by atoms with Gasteiger partial charge in [0.2, 0.25) is 0 Å². The molecule has 2 heterocycles. The van der Waals surface area contributed by atoms with Gasteiger partial charge in [0.1, 0.15) is 5.75 Å². The largest absolute Gasteiger partial charge is 0.497 e. The van der Waals surface area contributed by atoms with Crippen molar-refractivity contribution >= 4 is 31.7 Å². The van der Waals surface area contributed by atoms with Crippen LogP contribution >= 0.6 is 0 Å².